The number of anilines is 1. The molecule has 9 nitrogen and oxygen atoms in total. The van der Waals surface area contributed by atoms with Crippen LogP contribution in [0.5, 0.6) is 0 Å². The fourth-order valence-corrected chi connectivity index (χ4v) is 4.59. The van der Waals surface area contributed by atoms with Gasteiger partial charge < -0.3 is 9.47 Å². The third-order valence-electron chi connectivity index (χ3n) is 6.50. The predicted molar refractivity (Wildman–Crippen MR) is 129 cm³/mol. The number of rotatable bonds is 8. The van der Waals surface area contributed by atoms with Crippen LogP contribution >= 0.6 is 0 Å². The van der Waals surface area contributed by atoms with Gasteiger partial charge in [-0.15, -0.1) is 0 Å². The van der Waals surface area contributed by atoms with E-state index < -0.39 is 30.2 Å². The Morgan fingerprint density at radius 3 is 2.32 bits per heavy atom. The Morgan fingerprint density at radius 1 is 0.973 bits per heavy atom. The van der Waals surface area contributed by atoms with Crippen LogP contribution in [-0.4, -0.2) is 66.8 Å². The van der Waals surface area contributed by atoms with Crippen molar-refractivity contribution in [2.75, 3.05) is 31.2 Å². The van der Waals surface area contributed by atoms with Gasteiger partial charge in [0, 0.05) is 12.1 Å². The van der Waals surface area contributed by atoms with Crippen LogP contribution < -0.4 is 4.90 Å². The van der Waals surface area contributed by atoms with Gasteiger partial charge in [0.15, 0.2) is 12.4 Å². The third kappa shape index (κ3) is 5.91. The van der Waals surface area contributed by atoms with Gasteiger partial charge in [-0.2, -0.15) is 0 Å². The van der Waals surface area contributed by atoms with Gasteiger partial charge in [0.25, 0.3) is 5.91 Å². The number of ketones is 1. The zero-order valence-corrected chi connectivity index (χ0v) is 20.4. The molecular weight excluding hydrogens is 483 g/mol. The molecule has 2 fully saturated rings. The Bertz CT molecular complexity index is 1200. The summed E-state index contributed by atoms with van der Waals surface area (Å²) >= 11 is 0. The molecule has 2 aliphatic rings. The minimum absolute atomic E-state index is 0.00364. The Morgan fingerprint density at radius 2 is 1.65 bits per heavy atom. The molecule has 0 saturated carbocycles. The second-order valence-electron chi connectivity index (χ2n) is 8.93. The number of amides is 2. The highest BCUT2D eigenvalue weighted by atomic mass is 19.1. The molecule has 2 aromatic rings. The van der Waals surface area contributed by atoms with Crippen LogP contribution in [0.15, 0.2) is 48.5 Å². The third-order valence-corrected chi connectivity index (χ3v) is 6.50. The molecular formula is C27H27FN2O7. The topological polar surface area (TPSA) is 110 Å². The van der Waals surface area contributed by atoms with Crippen LogP contribution in [0.2, 0.25) is 0 Å². The molecule has 2 aliphatic heterocycles. The number of hydrogen-bond acceptors (Lipinski definition) is 8. The van der Waals surface area contributed by atoms with Crippen molar-refractivity contribution in [2.24, 2.45) is 5.92 Å². The lowest BCUT2D eigenvalue weighted by Crippen LogP contribution is -2.48. The molecule has 2 amide bonds. The van der Waals surface area contributed by atoms with Gasteiger partial charge in [-0.05, 0) is 74.8 Å². The fraction of sp³-hybridized carbons (Fsp3) is 0.370. The first-order valence-corrected chi connectivity index (χ1v) is 12.1. The summed E-state index contributed by atoms with van der Waals surface area (Å²) in [6, 6.07) is 9.98. The number of esters is 2. The first-order chi connectivity index (χ1) is 17.8. The maximum atomic E-state index is 13.2. The minimum Gasteiger partial charge on any atom is -0.466 e. The summed E-state index contributed by atoms with van der Waals surface area (Å²) in [5, 5.41) is 0. The Balaban J connectivity index is 1.36. The Hall–Kier alpha value is -3.92. The average Bonchev–Trinajstić information content (AvgIpc) is 3.21. The van der Waals surface area contributed by atoms with Crippen molar-refractivity contribution in [3.63, 3.8) is 0 Å². The summed E-state index contributed by atoms with van der Waals surface area (Å²) < 4.78 is 23.2. The summed E-state index contributed by atoms with van der Waals surface area (Å²) in [4.78, 5) is 65.5. The Kier molecular flexibility index (Phi) is 8.08. The first-order valence-electron chi connectivity index (χ1n) is 12.1. The van der Waals surface area contributed by atoms with E-state index in [9.17, 15) is 28.4 Å². The van der Waals surface area contributed by atoms with Gasteiger partial charge >= 0.3 is 11.9 Å². The number of carbonyl (C=O) groups is 5. The molecule has 4 rings (SSSR count). The van der Waals surface area contributed by atoms with Crippen molar-refractivity contribution in [2.45, 2.75) is 32.2 Å². The summed E-state index contributed by atoms with van der Waals surface area (Å²) in [5.41, 5.74) is 0.669. The SMILES string of the molecule is CCOC(=O)C1CCCN(C2CC(=O)N(c3ccc(C(=O)OCC(=O)c4ccc(F)cc4)cc3)C2=O)C1. The molecule has 0 N–H and O–H groups in total. The van der Waals surface area contributed by atoms with E-state index in [4.69, 9.17) is 9.47 Å². The molecule has 37 heavy (non-hydrogen) atoms. The van der Waals surface area contributed by atoms with Crippen molar-refractivity contribution in [3.8, 4) is 0 Å². The van der Waals surface area contributed by atoms with E-state index in [-0.39, 0.29) is 47.9 Å². The fourth-order valence-electron chi connectivity index (χ4n) is 4.59. The molecule has 0 bridgehead atoms. The molecule has 10 heteroatoms. The van der Waals surface area contributed by atoms with Crippen LogP contribution in [0.3, 0.4) is 0 Å². The number of benzene rings is 2. The van der Waals surface area contributed by atoms with E-state index in [2.05, 4.69) is 0 Å². The van der Waals surface area contributed by atoms with Crippen molar-refractivity contribution in [3.05, 3.63) is 65.5 Å². The van der Waals surface area contributed by atoms with E-state index in [1.54, 1.807) is 6.92 Å². The molecule has 2 unspecified atom stereocenters. The molecule has 2 saturated heterocycles. The van der Waals surface area contributed by atoms with Gasteiger partial charge in [0.05, 0.1) is 36.2 Å². The van der Waals surface area contributed by atoms with Gasteiger partial charge in [0.1, 0.15) is 5.82 Å². The van der Waals surface area contributed by atoms with Crippen molar-refractivity contribution < 1.29 is 37.8 Å². The van der Waals surface area contributed by atoms with Crippen LogP contribution in [-0.2, 0) is 23.9 Å². The number of carbonyl (C=O) groups excluding carboxylic acids is 5. The summed E-state index contributed by atoms with van der Waals surface area (Å²) in [7, 11) is 0. The minimum atomic E-state index is -0.753. The van der Waals surface area contributed by atoms with Gasteiger partial charge in [-0.3, -0.25) is 24.1 Å². The van der Waals surface area contributed by atoms with Crippen molar-refractivity contribution in [1.29, 1.82) is 0 Å². The number of halogens is 1. The van der Waals surface area contributed by atoms with Crippen LogP contribution in [0, 0.1) is 11.7 Å². The van der Waals surface area contributed by atoms with Crippen molar-refractivity contribution >= 4 is 35.2 Å². The molecule has 0 aromatic heterocycles. The van der Waals surface area contributed by atoms with E-state index in [0.717, 1.165) is 23.5 Å². The second-order valence-corrected chi connectivity index (χ2v) is 8.93. The van der Waals surface area contributed by atoms with Crippen LogP contribution in [0.4, 0.5) is 10.1 Å². The highest BCUT2D eigenvalue weighted by Crippen LogP contribution is 2.29. The number of hydrogen-bond donors (Lipinski definition) is 0. The smallest absolute Gasteiger partial charge is 0.338 e. The standard InChI is InChI=1S/C27H27FN2O7/c1-2-36-27(35)19-4-3-13-29(15-19)22-14-24(32)30(25(22)33)21-11-7-18(8-12-21)26(34)37-16-23(31)17-5-9-20(28)10-6-17/h5-12,19,22H,2-4,13-16H2,1H3. The lowest BCUT2D eigenvalue weighted by atomic mass is 9.96. The van der Waals surface area contributed by atoms with E-state index >= 15 is 0 Å². The normalized spacial score (nSPS) is 20.1. The maximum absolute atomic E-state index is 13.2. The second kappa shape index (κ2) is 11.4. The monoisotopic (exact) mass is 510 g/mol. The number of imide groups is 1. The van der Waals surface area contributed by atoms with Gasteiger partial charge in [0.2, 0.25) is 5.91 Å². The molecule has 2 aromatic carbocycles. The quantitative estimate of drug-likeness (QED) is 0.303. The summed E-state index contributed by atoms with van der Waals surface area (Å²) in [6.07, 6.45) is 1.41. The molecule has 0 radical (unpaired) electrons. The summed E-state index contributed by atoms with van der Waals surface area (Å²) in [5.74, 6) is -3.08. The molecule has 2 atom stereocenters. The number of piperidine rings is 1. The number of nitrogens with zero attached hydrogens (tertiary/aromatic N) is 2. The van der Waals surface area contributed by atoms with Crippen LogP contribution in [0.1, 0.15) is 46.9 Å². The number of likely N-dealkylation sites (tertiary alicyclic amines) is 1. The van der Waals surface area contributed by atoms with Crippen molar-refractivity contribution in [1.82, 2.24) is 4.90 Å². The highest BCUT2D eigenvalue weighted by molar-refractivity contribution is 6.22. The summed E-state index contributed by atoms with van der Waals surface area (Å²) in [6.45, 7) is 2.48. The van der Waals surface area contributed by atoms with Crippen LogP contribution in [0.25, 0.3) is 0 Å². The molecule has 0 spiro atoms. The van der Waals surface area contributed by atoms with Gasteiger partial charge in [-0.25, -0.2) is 14.1 Å². The van der Waals surface area contributed by atoms with Gasteiger partial charge in [-0.1, -0.05) is 0 Å². The largest absolute Gasteiger partial charge is 0.466 e. The molecule has 194 valence electrons. The average molecular weight is 511 g/mol. The maximum Gasteiger partial charge on any atom is 0.338 e. The number of ether oxygens (including phenoxy) is 2. The lowest BCUT2D eigenvalue weighted by molar-refractivity contribution is -0.150. The van der Waals surface area contributed by atoms with E-state index in [1.165, 1.54) is 36.4 Å². The zero-order chi connectivity index (χ0) is 26.5. The van der Waals surface area contributed by atoms with E-state index in [1.807, 2.05) is 4.90 Å². The zero-order valence-electron chi connectivity index (χ0n) is 20.4. The number of Topliss-reactive ketones (excluding diaryl/α,β-unsaturated/α-hetero) is 1. The highest BCUT2D eigenvalue weighted by Gasteiger charge is 2.44. The first kappa shape index (κ1) is 26.2. The molecule has 2 heterocycles. The molecule has 0 aliphatic carbocycles. The Labute approximate surface area is 213 Å². The lowest BCUT2D eigenvalue weighted by Gasteiger charge is -2.34. The predicted octanol–water partition coefficient (Wildman–Crippen LogP) is 2.77. The van der Waals surface area contributed by atoms with E-state index in [0.29, 0.717) is 25.2 Å².